The summed E-state index contributed by atoms with van der Waals surface area (Å²) in [5.41, 5.74) is 3.23. The van der Waals surface area contributed by atoms with Crippen LogP contribution in [0.15, 0.2) is 60.7 Å². The quantitative estimate of drug-likeness (QED) is 0.177. The van der Waals surface area contributed by atoms with Crippen LogP contribution < -0.4 is 0 Å². The normalized spacial score (nSPS) is 12.6. The summed E-state index contributed by atoms with van der Waals surface area (Å²) in [5, 5.41) is 8.62. The Labute approximate surface area is 164 Å². The average molecular weight is 450 g/mol. The van der Waals surface area contributed by atoms with Crippen LogP contribution in [0.2, 0.25) is 0 Å². The molecule has 0 unspecified atom stereocenters. The van der Waals surface area contributed by atoms with Crippen molar-refractivity contribution in [2.75, 3.05) is 0 Å². The number of aryl methyl sites for hydroxylation is 1. The summed E-state index contributed by atoms with van der Waals surface area (Å²) >= 11 is -0.401. The van der Waals surface area contributed by atoms with Crippen molar-refractivity contribution in [3.8, 4) is 0 Å². The first kappa shape index (κ1) is 16.4. The number of fused-ring (bicyclic) bond motifs is 7. The molecule has 0 aliphatic carbocycles. The van der Waals surface area contributed by atoms with Crippen molar-refractivity contribution in [1.29, 1.82) is 0 Å². The summed E-state index contributed by atoms with van der Waals surface area (Å²) in [5.74, 6) is 0. The fraction of sp³-hybridized carbons (Fsp3) is 0.200. The van der Waals surface area contributed by atoms with Gasteiger partial charge in [0, 0.05) is 0 Å². The van der Waals surface area contributed by atoms with E-state index in [0.717, 1.165) is 0 Å². The Bertz CT molecular complexity index is 1310. The zero-order valence-electron chi connectivity index (χ0n) is 15.7. The molecule has 1 heterocycles. The number of rotatable bonds is 0. The minimum atomic E-state index is -0.401. The Kier molecular flexibility index (Phi) is 3.52. The molecule has 4 aromatic carbocycles. The van der Waals surface area contributed by atoms with Crippen LogP contribution in [-0.4, -0.2) is 20.4 Å². The van der Waals surface area contributed by atoms with Crippen LogP contribution in [0.3, 0.4) is 0 Å². The van der Waals surface area contributed by atoms with Gasteiger partial charge < -0.3 is 0 Å². The molecule has 0 spiro atoms. The summed E-state index contributed by atoms with van der Waals surface area (Å²) in [6.45, 7) is 9.36. The molecule has 26 heavy (non-hydrogen) atoms. The summed E-state index contributed by atoms with van der Waals surface area (Å²) in [7, 11) is 0. The number of benzene rings is 4. The van der Waals surface area contributed by atoms with Gasteiger partial charge in [0.15, 0.2) is 0 Å². The van der Waals surface area contributed by atoms with Gasteiger partial charge in [0.05, 0.1) is 0 Å². The molecule has 5 aromatic rings. The number of hydrogen-bond acceptors (Lipinski definition) is 0. The molecule has 0 radical (unpaired) electrons. The molecular formula is C25H22Te. The van der Waals surface area contributed by atoms with E-state index in [2.05, 4.69) is 88.4 Å². The van der Waals surface area contributed by atoms with Gasteiger partial charge in [-0.15, -0.1) is 0 Å². The minimum absolute atomic E-state index is 0.195. The van der Waals surface area contributed by atoms with Crippen LogP contribution in [0.5, 0.6) is 0 Å². The summed E-state index contributed by atoms with van der Waals surface area (Å²) in [6.07, 6.45) is 0. The zero-order chi connectivity index (χ0) is 18.1. The predicted molar refractivity (Wildman–Crippen MR) is 117 cm³/mol. The van der Waals surface area contributed by atoms with Crippen molar-refractivity contribution >= 4 is 59.6 Å². The van der Waals surface area contributed by atoms with Crippen molar-refractivity contribution < 1.29 is 0 Å². The van der Waals surface area contributed by atoms with Crippen molar-refractivity contribution in [2.45, 2.75) is 33.1 Å². The standard InChI is InChI=1S/C25H22Te/c1-15-9-13-20-19-14-12-17-11-10-16-7-5-6-8-18(16)21(17)23(19)26-24(20)22(15)25(2,3)4/h5-14H,1-4H3. The van der Waals surface area contributed by atoms with Gasteiger partial charge in [0.1, 0.15) is 0 Å². The van der Waals surface area contributed by atoms with Crippen molar-refractivity contribution in [2.24, 2.45) is 0 Å². The van der Waals surface area contributed by atoms with Crippen molar-refractivity contribution in [3.05, 3.63) is 71.8 Å². The fourth-order valence-corrected chi connectivity index (χ4v) is 9.21. The molecule has 0 amide bonds. The van der Waals surface area contributed by atoms with Crippen molar-refractivity contribution in [3.63, 3.8) is 0 Å². The van der Waals surface area contributed by atoms with E-state index < -0.39 is 20.4 Å². The van der Waals surface area contributed by atoms with E-state index in [1.807, 2.05) is 0 Å². The van der Waals surface area contributed by atoms with Gasteiger partial charge in [-0.05, 0) is 0 Å². The van der Waals surface area contributed by atoms with Crippen molar-refractivity contribution in [1.82, 2.24) is 0 Å². The monoisotopic (exact) mass is 452 g/mol. The molecule has 0 atom stereocenters. The first-order valence-corrected chi connectivity index (χ1v) is 11.5. The first-order valence-electron chi connectivity index (χ1n) is 9.22. The van der Waals surface area contributed by atoms with Gasteiger partial charge in [0.25, 0.3) is 0 Å². The maximum absolute atomic E-state index is 2.37. The van der Waals surface area contributed by atoms with E-state index in [1.54, 1.807) is 12.4 Å². The molecule has 0 saturated carbocycles. The third-order valence-corrected chi connectivity index (χ3v) is 9.06. The molecule has 0 aliphatic rings. The van der Waals surface area contributed by atoms with E-state index >= 15 is 0 Å². The summed E-state index contributed by atoms with van der Waals surface area (Å²) in [6, 6.07) is 22.8. The second-order valence-electron chi connectivity index (χ2n) is 8.31. The van der Waals surface area contributed by atoms with Gasteiger partial charge in [0.2, 0.25) is 0 Å². The van der Waals surface area contributed by atoms with Crippen LogP contribution in [0.25, 0.3) is 39.1 Å². The molecule has 0 nitrogen and oxygen atoms in total. The molecule has 1 aromatic heterocycles. The van der Waals surface area contributed by atoms with E-state index in [0.29, 0.717) is 0 Å². The fourth-order valence-electron chi connectivity index (χ4n) is 4.42. The molecule has 0 N–H and O–H groups in total. The molecule has 1 heteroatoms. The second-order valence-corrected chi connectivity index (χ2v) is 11.2. The van der Waals surface area contributed by atoms with Crippen LogP contribution in [-0.2, 0) is 5.41 Å². The Balaban J connectivity index is 2.06. The van der Waals surface area contributed by atoms with Crippen LogP contribution in [0.4, 0.5) is 0 Å². The second kappa shape index (κ2) is 5.59. The maximum atomic E-state index is 2.37. The number of hydrogen-bond donors (Lipinski definition) is 0. The van der Waals surface area contributed by atoms with E-state index in [-0.39, 0.29) is 5.41 Å². The molecule has 0 fully saturated rings. The van der Waals surface area contributed by atoms with Gasteiger partial charge in [-0.3, -0.25) is 0 Å². The van der Waals surface area contributed by atoms with Crippen LogP contribution in [0.1, 0.15) is 31.9 Å². The third-order valence-electron chi connectivity index (χ3n) is 5.47. The van der Waals surface area contributed by atoms with Gasteiger partial charge in [-0.25, -0.2) is 0 Å². The Hall–Kier alpha value is -1.81. The average Bonchev–Trinajstić information content (AvgIpc) is 2.98. The van der Waals surface area contributed by atoms with Crippen LogP contribution >= 0.6 is 0 Å². The summed E-state index contributed by atoms with van der Waals surface area (Å²) in [4.78, 5) is 0. The van der Waals surface area contributed by atoms with E-state index in [9.17, 15) is 0 Å². The van der Waals surface area contributed by atoms with Crippen LogP contribution in [0, 0.1) is 6.92 Å². The van der Waals surface area contributed by atoms with E-state index in [1.165, 1.54) is 37.9 Å². The Morgan fingerprint density at radius 1 is 0.654 bits per heavy atom. The molecule has 128 valence electrons. The molecule has 0 saturated heterocycles. The van der Waals surface area contributed by atoms with E-state index in [4.69, 9.17) is 0 Å². The van der Waals surface area contributed by atoms with Gasteiger partial charge in [-0.1, -0.05) is 0 Å². The third kappa shape index (κ3) is 2.27. The Morgan fingerprint density at radius 2 is 1.31 bits per heavy atom. The van der Waals surface area contributed by atoms with Gasteiger partial charge >= 0.3 is 164 Å². The molecule has 5 rings (SSSR count). The Morgan fingerprint density at radius 3 is 2.12 bits per heavy atom. The molecular weight excluding hydrogens is 428 g/mol. The summed E-state index contributed by atoms with van der Waals surface area (Å²) < 4.78 is 3.30. The van der Waals surface area contributed by atoms with Gasteiger partial charge in [-0.2, -0.15) is 0 Å². The molecule has 0 aliphatic heterocycles. The SMILES string of the molecule is Cc1ccc2c([te]c3c2ccc2ccc4ccccc4c23)c1C(C)(C)C. The zero-order valence-corrected chi connectivity index (χ0v) is 18.0. The first-order chi connectivity index (χ1) is 12.4. The predicted octanol–water partition coefficient (Wildman–Crippen LogP) is 6.96. The topological polar surface area (TPSA) is 0 Å². The molecule has 0 bridgehead atoms.